The molecule has 2 heterocycles. The molecule has 8 nitrogen and oxygen atoms in total. The van der Waals surface area contributed by atoms with Crippen LogP contribution in [0, 0.1) is 10.1 Å². The number of rotatable bonds is 4. The van der Waals surface area contributed by atoms with Crippen molar-refractivity contribution in [2.45, 2.75) is 17.7 Å². The van der Waals surface area contributed by atoms with Crippen molar-refractivity contribution in [2.75, 3.05) is 44.3 Å². The molecule has 2 aliphatic rings. The first-order valence-corrected chi connectivity index (χ1v) is 9.05. The number of nitrogens with zero attached hydrogens (tertiary/aromatic N) is 3. The third-order valence-electron chi connectivity index (χ3n) is 4.20. The minimum atomic E-state index is -3.66. The van der Waals surface area contributed by atoms with Gasteiger partial charge >= 0.3 is 0 Å². The van der Waals surface area contributed by atoms with Crippen molar-refractivity contribution >= 4 is 21.4 Å². The summed E-state index contributed by atoms with van der Waals surface area (Å²) in [6.07, 6.45) is 1.65. The molecule has 1 aromatic carbocycles. The van der Waals surface area contributed by atoms with Gasteiger partial charge in [0.05, 0.1) is 23.0 Å². The van der Waals surface area contributed by atoms with Crippen LogP contribution in [0.3, 0.4) is 0 Å². The van der Waals surface area contributed by atoms with E-state index in [0.29, 0.717) is 45.1 Å². The van der Waals surface area contributed by atoms with Gasteiger partial charge in [-0.1, -0.05) is 0 Å². The fourth-order valence-corrected chi connectivity index (χ4v) is 4.50. The number of anilines is 1. The quantitative estimate of drug-likeness (QED) is 0.604. The molecule has 3 rings (SSSR count). The summed E-state index contributed by atoms with van der Waals surface area (Å²) in [5.74, 6) is 0. The lowest BCUT2D eigenvalue weighted by Gasteiger charge is -2.28. The fraction of sp³-hybridized carbons (Fsp3) is 0.571. The number of hydrogen-bond acceptors (Lipinski definition) is 6. The van der Waals surface area contributed by atoms with Gasteiger partial charge in [0.25, 0.3) is 5.69 Å². The lowest BCUT2D eigenvalue weighted by molar-refractivity contribution is -0.384. The number of benzene rings is 1. The van der Waals surface area contributed by atoms with E-state index < -0.39 is 14.9 Å². The predicted molar refractivity (Wildman–Crippen MR) is 84.1 cm³/mol. The number of nitro benzene ring substituents is 1. The zero-order valence-electron chi connectivity index (χ0n) is 12.7. The average Bonchev–Trinajstić information content (AvgIpc) is 3.10. The van der Waals surface area contributed by atoms with Crippen molar-refractivity contribution in [3.63, 3.8) is 0 Å². The Kier molecular flexibility index (Phi) is 4.51. The predicted octanol–water partition coefficient (Wildman–Crippen LogP) is 1.22. The number of nitro groups is 1. The van der Waals surface area contributed by atoms with Gasteiger partial charge in [0.2, 0.25) is 10.0 Å². The third-order valence-corrected chi connectivity index (χ3v) is 6.09. The molecule has 0 spiro atoms. The number of hydrogen-bond donors (Lipinski definition) is 0. The van der Waals surface area contributed by atoms with Gasteiger partial charge in [-0.15, -0.1) is 0 Å². The van der Waals surface area contributed by atoms with Crippen LogP contribution in [0.4, 0.5) is 11.4 Å². The van der Waals surface area contributed by atoms with Crippen LogP contribution >= 0.6 is 0 Å². The second-order valence-corrected chi connectivity index (χ2v) is 7.56. The zero-order valence-corrected chi connectivity index (χ0v) is 13.5. The second kappa shape index (κ2) is 6.42. The van der Waals surface area contributed by atoms with E-state index in [1.807, 2.05) is 4.90 Å². The van der Waals surface area contributed by atoms with E-state index >= 15 is 0 Å². The van der Waals surface area contributed by atoms with Crippen LogP contribution in [0.1, 0.15) is 12.8 Å². The Labute approximate surface area is 134 Å². The highest BCUT2D eigenvalue weighted by atomic mass is 32.2. The highest BCUT2D eigenvalue weighted by Crippen LogP contribution is 2.32. The van der Waals surface area contributed by atoms with Crippen LogP contribution < -0.4 is 4.90 Å². The molecule has 0 aromatic heterocycles. The molecule has 0 atom stereocenters. The van der Waals surface area contributed by atoms with Crippen molar-refractivity contribution < 1.29 is 18.1 Å². The van der Waals surface area contributed by atoms with Gasteiger partial charge in [-0.25, -0.2) is 8.42 Å². The lowest BCUT2D eigenvalue weighted by Crippen LogP contribution is -2.36. The molecule has 2 saturated heterocycles. The molecular weight excluding hydrogens is 322 g/mol. The van der Waals surface area contributed by atoms with Crippen LogP contribution in [0.25, 0.3) is 0 Å². The smallest absolute Gasteiger partial charge is 0.293 e. The standard InChI is InChI=1S/C14H19N3O5S/c18-17(19)14-11-12(23(20,21)16-5-1-2-6-16)3-4-13(14)15-7-9-22-10-8-15/h3-4,11H,1-2,5-10H2. The first-order valence-electron chi connectivity index (χ1n) is 7.61. The molecule has 0 saturated carbocycles. The maximum atomic E-state index is 12.6. The van der Waals surface area contributed by atoms with Gasteiger partial charge in [0, 0.05) is 32.2 Å². The molecule has 2 aliphatic heterocycles. The largest absolute Gasteiger partial charge is 0.378 e. The summed E-state index contributed by atoms with van der Waals surface area (Å²) in [7, 11) is -3.66. The Morgan fingerprint density at radius 3 is 2.35 bits per heavy atom. The van der Waals surface area contributed by atoms with Crippen molar-refractivity contribution in [3.8, 4) is 0 Å². The van der Waals surface area contributed by atoms with Crippen molar-refractivity contribution in [3.05, 3.63) is 28.3 Å². The van der Waals surface area contributed by atoms with Crippen LogP contribution in [0.2, 0.25) is 0 Å². The van der Waals surface area contributed by atoms with Crippen molar-refractivity contribution in [2.24, 2.45) is 0 Å². The third kappa shape index (κ3) is 3.17. The summed E-state index contributed by atoms with van der Waals surface area (Å²) < 4.78 is 31.8. The molecule has 0 N–H and O–H groups in total. The van der Waals surface area contributed by atoms with Gasteiger partial charge in [-0.05, 0) is 25.0 Å². The fourth-order valence-electron chi connectivity index (χ4n) is 2.96. The summed E-state index contributed by atoms with van der Waals surface area (Å²) in [5.41, 5.74) is 0.269. The second-order valence-electron chi connectivity index (χ2n) is 5.62. The average molecular weight is 341 g/mol. The molecule has 1 aromatic rings. The van der Waals surface area contributed by atoms with E-state index in [9.17, 15) is 18.5 Å². The lowest BCUT2D eigenvalue weighted by atomic mass is 10.2. The number of ether oxygens (including phenoxy) is 1. The minimum absolute atomic E-state index is 0.0110. The van der Waals surface area contributed by atoms with Gasteiger partial charge in [-0.3, -0.25) is 10.1 Å². The van der Waals surface area contributed by atoms with E-state index in [1.54, 1.807) is 0 Å². The normalized spacial score (nSPS) is 19.9. The summed E-state index contributed by atoms with van der Waals surface area (Å²) in [5, 5.41) is 11.4. The zero-order chi connectivity index (χ0) is 16.4. The van der Waals surface area contributed by atoms with Crippen LogP contribution in [-0.4, -0.2) is 57.0 Å². The van der Waals surface area contributed by atoms with E-state index in [4.69, 9.17) is 4.74 Å². The maximum absolute atomic E-state index is 12.6. The highest BCUT2D eigenvalue weighted by molar-refractivity contribution is 7.89. The molecule has 2 fully saturated rings. The van der Waals surface area contributed by atoms with Crippen LogP contribution in [0.15, 0.2) is 23.1 Å². The topological polar surface area (TPSA) is 93.0 Å². The highest BCUT2D eigenvalue weighted by Gasteiger charge is 2.30. The van der Waals surface area contributed by atoms with Crippen LogP contribution in [-0.2, 0) is 14.8 Å². The molecule has 9 heteroatoms. The maximum Gasteiger partial charge on any atom is 0.293 e. The van der Waals surface area contributed by atoms with Gasteiger partial charge in [-0.2, -0.15) is 4.31 Å². The first-order chi connectivity index (χ1) is 11.0. The molecule has 0 amide bonds. The van der Waals surface area contributed by atoms with E-state index in [-0.39, 0.29) is 10.6 Å². The Morgan fingerprint density at radius 2 is 1.74 bits per heavy atom. The summed E-state index contributed by atoms with van der Waals surface area (Å²) in [6, 6.07) is 4.18. The summed E-state index contributed by atoms with van der Waals surface area (Å²) in [6.45, 7) is 3.07. The van der Waals surface area contributed by atoms with Crippen LogP contribution in [0.5, 0.6) is 0 Å². The Bertz CT molecular complexity index is 694. The molecule has 126 valence electrons. The Morgan fingerprint density at radius 1 is 1.09 bits per heavy atom. The molecule has 0 bridgehead atoms. The Balaban J connectivity index is 1.97. The van der Waals surface area contributed by atoms with E-state index in [0.717, 1.165) is 12.8 Å². The van der Waals surface area contributed by atoms with Gasteiger partial charge < -0.3 is 9.64 Å². The summed E-state index contributed by atoms with van der Waals surface area (Å²) >= 11 is 0. The van der Waals surface area contributed by atoms with Crippen molar-refractivity contribution in [1.82, 2.24) is 4.31 Å². The number of sulfonamides is 1. The van der Waals surface area contributed by atoms with E-state index in [1.165, 1.54) is 22.5 Å². The molecule has 0 radical (unpaired) electrons. The first kappa shape index (κ1) is 16.2. The SMILES string of the molecule is O=[N+]([O-])c1cc(S(=O)(=O)N2CCCC2)ccc1N1CCOCC1. The van der Waals surface area contributed by atoms with Gasteiger partial charge in [0.15, 0.2) is 0 Å². The molecular formula is C14H19N3O5S. The van der Waals surface area contributed by atoms with E-state index in [2.05, 4.69) is 0 Å². The minimum Gasteiger partial charge on any atom is -0.378 e. The van der Waals surface area contributed by atoms with Crippen molar-refractivity contribution in [1.29, 1.82) is 0 Å². The number of morpholine rings is 1. The molecule has 0 aliphatic carbocycles. The van der Waals surface area contributed by atoms with Gasteiger partial charge in [0.1, 0.15) is 5.69 Å². The monoisotopic (exact) mass is 341 g/mol. The Hall–Kier alpha value is -1.71. The molecule has 0 unspecified atom stereocenters. The molecule has 23 heavy (non-hydrogen) atoms. The summed E-state index contributed by atoms with van der Waals surface area (Å²) in [4.78, 5) is 12.7.